The summed E-state index contributed by atoms with van der Waals surface area (Å²) in [6.45, 7) is 7.78. The van der Waals surface area contributed by atoms with Crippen LogP contribution in [0.15, 0.2) is 29.3 Å². The van der Waals surface area contributed by atoms with E-state index in [2.05, 4.69) is 34.4 Å². The lowest BCUT2D eigenvalue weighted by Crippen LogP contribution is -2.52. The number of hydrogen-bond donors (Lipinski definition) is 2. The molecule has 1 aliphatic heterocycles. The van der Waals surface area contributed by atoms with E-state index in [1.165, 1.54) is 12.1 Å². The SMILES string of the molecule is CN=C(NCc1ccc(OCC(F)(F)F)cc1)NCC(C(C)C)N1CCOCC1.I. The number of nitrogens with one attached hydrogen (secondary N) is 2. The summed E-state index contributed by atoms with van der Waals surface area (Å²) >= 11 is 0. The van der Waals surface area contributed by atoms with E-state index in [9.17, 15) is 13.2 Å². The monoisotopic (exact) mass is 544 g/mol. The van der Waals surface area contributed by atoms with Gasteiger partial charge < -0.3 is 20.1 Å². The van der Waals surface area contributed by atoms with Crippen LogP contribution in [0.1, 0.15) is 19.4 Å². The Labute approximate surface area is 193 Å². The van der Waals surface area contributed by atoms with Gasteiger partial charge in [-0.25, -0.2) is 0 Å². The van der Waals surface area contributed by atoms with Crippen LogP contribution in [-0.4, -0.2) is 69.6 Å². The van der Waals surface area contributed by atoms with Gasteiger partial charge in [0.15, 0.2) is 12.6 Å². The molecule has 1 aromatic carbocycles. The molecule has 10 heteroatoms. The fourth-order valence-electron chi connectivity index (χ4n) is 3.17. The molecule has 1 atom stereocenters. The van der Waals surface area contributed by atoms with Gasteiger partial charge in [-0.3, -0.25) is 9.89 Å². The van der Waals surface area contributed by atoms with Gasteiger partial charge in [0.2, 0.25) is 0 Å². The van der Waals surface area contributed by atoms with Gasteiger partial charge in [-0.15, -0.1) is 24.0 Å². The summed E-state index contributed by atoms with van der Waals surface area (Å²) in [5.74, 6) is 1.36. The van der Waals surface area contributed by atoms with Crippen molar-refractivity contribution in [2.45, 2.75) is 32.6 Å². The number of hydrogen-bond acceptors (Lipinski definition) is 4. The second kappa shape index (κ2) is 13.2. The number of ether oxygens (including phenoxy) is 2. The Morgan fingerprint density at radius 1 is 1.17 bits per heavy atom. The molecule has 1 aromatic rings. The van der Waals surface area contributed by atoms with Crippen molar-refractivity contribution in [2.75, 3.05) is 46.5 Å². The van der Waals surface area contributed by atoms with Crippen molar-refractivity contribution in [1.29, 1.82) is 0 Å². The molecule has 172 valence electrons. The van der Waals surface area contributed by atoms with E-state index in [4.69, 9.17) is 9.47 Å². The van der Waals surface area contributed by atoms with Gasteiger partial charge in [-0.1, -0.05) is 26.0 Å². The number of aliphatic imine (C=N–C) groups is 1. The lowest BCUT2D eigenvalue weighted by molar-refractivity contribution is -0.153. The first-order chi connectivity index (χ1) is 13.8. The summed E-state index contributed by atoms with van der Waals surface area (Å²) in [5, 5.41) is 6.61. The number of benzene rings is 1. The van der Waals surface area contributed by atoms with E-state index >= 15 is 0 Å². The fourth-order valence-corrected chi connectivity index (χ4v) is 3.17. The van der Waals surface area contributed by atoms with E-state index in [1.54, 1.807) is 19.2 Å². The van der Waals surface area contributed by atoms with Crippen molar-refractivity contribution in [3.63, 3.8) is 0 Å². The third kappa shape index (κ3) is 9.69. The minimum Gasteiger partial charge on any atom is -0.484 e. The Kier molecular flexibility index (Phi) is 11.8. The Balaban J connectivity index is 0.00000450. The van der Waals surface area contributed by atoms with Crippen molar-refractivity contribution in [3.8, 4) is 5.75 Å². The second-order valence-corrected chi connectivity index (χ2v) is 7.31. The molecular formula is C20H32F3IN4O2. The smallest absolute Gasteiger partial charge is 0.422 e. The number of rotatable bonds is 8. The van der Waals surface area contributed by atoms with Gasteiger partial charge in [0, 0.05) is 39.3 Å². The maximum absolute atomic E-state index is 12.2. The molecule has 1 fully saturated rings. The molecule has 0 spiro atoms. The van der Waals surface area contributed by atoms with Gasteiger partial charge in [0.1, 0.15) is 5.75 Å². The van der Waals surface area contributed by atoms with E-state index in [1.807, 2.05) is 0 Å². The highest BCUT2D eigenvalue weighted by molar-refractivity contribution is 14.0. The van der Waals surface area contributed by atoms with Crippen molar-refractivity contribution in [2.24, 2.45) is 10.9 Å². The molecule has 1 unspecified atom stereocenters. The number of morpholine rings is 1. The largest absolute Gasteiger partial charge is 0.484 e. The third-order valence-corrected chi connectivity index (χ3v) is 4.77. The molecule has 0 amide bonds. The maximum atomic E-state index is 12.2. The first kappa shape index (κ1) is 26.8. The minimum absolute atomic E-state index is 0. The summed E-state index contributed by atoms with van der Waals surface area (Å²) in [6, 6.07) is 6.91. The van der Waals surface area contributed by atoms with Gasteiger partial charge in [0.05, 0.1) is 13.2 Å². The van der Waals surface area contributed by atoms with Crippen LogP contribution in [0.25, 0.3) is 0 Å². The Morgan fingerprint density at radius 3 is 2.33 bits per heavy atom. The van der Waals surface area contributed by atoms with Crippen molar-refractivity contribution >= 4 is 29.9 Å². The molecule has 1 heterocycles. The Morgan fingerprint density at radius 2 is 1.80 bits per heavy atom. The lowest BCUT2D eigenvalue weighted by Gasteiger charge is -2.37. The van der Waals surface area contributed by atoms with Crippen LogP contribution in [0.5, 0.6) is 5.75 Å². The number of nitrogens with zero attached hydrogens (tertiary/aromatic N) is 2. The molecule has 6 nitrogen and oxygen atoms in total. The van der Waals surface area contributed by atoms with E-state index in [0.717, 1.165) is 38.4 Å². The van der Waals surface area contributed by atoms with Gasteiger partial charge in [-0.2, -0.15) is 13.2 Å². The van der Waals surface area contributed by atoms with Crippen LogP contribution in [0.4, 0.5) is 13.2 Å². The molecule has 1 aliphatic rings. The summed E-state index contributed by atoms with van der Waals surface area (Å²) in [7, 11) is 1.71. The van der Waals surface area contributed by atoms with Crippen molar-refractivity contribution in [1.82, 2.24) is 15.5 Å². The average Bonchev–Trinajstić information content (AvgIpc) is 2.69. The Hall–Kier alpha value is -1.27. The van der Waals surface area contributed by atoms with Crippen molar-refractivity contribution < 1.29 is 22.6 Å². The predicted octanol–water partition coefficient (Wildman–Crippen LogP) is 3.27. The first-order valence-electron chi connectivity index (χ1n) is 9.83. The van der Waals surface area contributed by atoms with E-state index < -0.39 is 12.8 Å². The average molecular weight is 544 g/mol. The quantitative estimate of drug-likeness (QED) is 0.299. The lowest BCUT2D eigenvalue weighted by atomic mass is 10.0. The molecule has 2 N–H and O–H groups in total. The molecule has 2 rings (SSSR count). The third-order valence-electron chi connectivity index (χ3n) is 4.77. The highest BCUT2D eigenvalue weighted by atomic mass is 127. The maximum Gasteiger partial charge on any atom is 0.422 e. The highest BCUT2D eigenvalue weighted by Gasteiger charge is 2.28. The zero-order valence-electron chi connectivity index (χ0n) is 17.7. The molecular weight excluding hydrogens is 512 g/mol. The minimum atomic E-state index is -4.34. The summed E-state index contributed by atoms with van der Waals surface area (Å²) in [6.07, 6.45) is -4.34. The molecule has 0 radical (unpaired) electrons. The highest BCUT2D eigenvalue weighted by Crippen LogP contribution is 2.19. The number of alkyl halides is 3. The number of guanidine groups is 1. The molecule has 1 saturated heterocycles. The molecule has 30 heavy (non-hydrogen) atoms. The van der Waals surface area contributed by atoms with Crippen LogP contribution < -0.4 is 15.4 Å². The fraction of sp³-hybridized carbons (Fsp3) is 0.650. The van der Waals surface area contributed by atoms with Crippen LogP contribution >= 0.6 is 24.0 Å². The second-order valence-electron chi connectivity index (χ2n) is 7.31. The van der Waals surface area contributed by atoms with E-state index in [0.29, 0.717) is 24.5 Å². The van der Waals surface area contributed by atoms with Crippen molar-refractivity contribution in [3.05, 3.63) is 29.8 Å². The Bertz CT molecular complexity index is 636. The number of halogens is 4. The molecule has 0 bridgehead atoms. The standard InChI is InChI=1S/C20H31F3N4O2.HI/c1-15(2)18(27-8-10-28-11-9-27)13-26-19(24-3)25-12-16-4-6-17(7-5-16)29-14-20(21,22)23;/h4-7,15,18H,8-14H2,1-3H3,(H2,24,25,26);1H. The zero-order chi connectivity index (χ0) is 21.3. The summed E-state index contributed by atoms with van der Waals surface area (Å²) in [5.41, 5.74) is 0.917. The van der Waals surface area contributed by atoms with Crippen LogP contribution in [0.2, 0.25) is 0 Å². The van der Waals surface area contributed by atoms with Crippen LogP contribution in [-0.2, 0) is 11.3 Å². The molecule has 0 aromatic heterocycles. The topological polar surface area (TPSA) is 58.1 Å². The van der Waals surface area contributed by atoms with E-state index in [-0.39, 0.29) is 29.7 Å². The summed E-state index contributed by atoms with van der Waals surface area (Å²) < 4.78 is 46.8. The zero-order valence-corrected chi connectivity index (χ0v) is 20.0. The first-order valence-corrected chi connectivity index (χ1v) is 9.83. The summed E-state index contributed by atoms with van der Waals surface area (Å²) in [4.78, 5) is 6.69. The van der Waals surface area contributed by atoms with Crippen LogP contribution in [0.3, 0.4) is 0 Å². The van der Waals surface area contributed by atoms with Gasteiger partial charge >= 0.3 is 6.18 Å². The van der Waals surface area contributed by atoms with Crippen LogP contribution in [0, 0.1) is 5.92 Å². The predicted molar refractivity (Wildman–Crippen MR) is 123 cm³/mol. The molecule has 0 aliphatic carbocycles. The van der Waals surface area contributed by atoms with Gasteiger partial charge in [0.25, 0.3) is 0 Å². The normalized spacial score (nSPS) is 16.7. The molecule has 0 saturated carbocycles. The van der Waals surface area contributed by atoms with Gasteiger partial charge in [-0.05, 0) is 23.6 Å².